The number of carbonyl (C=O) groups excluding carboxylic acids is 1. The Bertz CT molecular complexity index is 598. The van der Waals surface area contributed by atoms with Gasteiger partial charge in [0.1, 0.15) is 17.2 Å². The average molecular weight is 275 g/mol. The Morgan fingerprint density at radius 1 is 1.50 bits per heavy atom. The third-order valence-corrected chi connectivity index (χ3v) is 3.15. The molecule has 2 aromatic heterocycles. The summed E-state index contributed by atoms with van der Waals surface area (Å²) in [6.07, 6.45) is 2.74. The van der Waals surface area contributed by atoms with Crippen LogP contribution in [0.4, 0.5) is 5.69 Å². The third-order valence-electron chi connectivity index (χ3n) is 3.15. The number of aromatic nitrogens is 1. The molecular formula is C15H21N3O2. The Kier molecular flexibility index (Phi) is 4.17. The number of furan rings is 1. The maximum absolute atomic E-state index is 12.3. The van der Waals surface area contributed by atoms with Gasteiger partial charge in [-0.1, -0.05) is 6.92 Å². The number of nitrogens with zero attached hydrogens (tertiary/aromatic N) is 1. The molecule has 0 spiro atoms. The van der Waals surface area contributed by atoms with Crippen molar-refractivity contribution in [2.75, 3.05) is 5.73 Å². The highest BCUT2D eigenvalue weighted by Gasteiger charge is 2.17. The van der Waals surface area contributed by atoms with Crippen LogP contribution in [0.3, 0.4) is 0 Å². The predicted octanol–water partition coefficient (Wildman–Crippen LogP) is 2.87. The molecule has 0 saturated carbocycles. The average Bonchev–Trinajstić information content (AvgIpc) is 2.96. The number of nitrogens with one attached hydrogen (secondary N) is 1. The fourth-order valence-electron chi connectivity index (χ4n) is 2.18. The SMILES string of the molecule is CCCn1cc(N)cc1C(=O)NC(C)c1ccc(C)o1. The summed E-state index contributed by atoms with van der Waals surface area (Å²) in [6.45, 7) is 6.61. The lowest BCUT2D eigenvalue weighted by Gasteiger charge is -2.13. The molecule has 2 aromatic rings. The molecule has 5 nitrogen and oxygen atoms in total. The zero-order chi connectivity index (χ0) is 14.7. The van der Waals surface area contributed by atoms with Crippen molar-refractivity contribution in [1.29, 1.82) is 0 Å². The number of aryl methyl sites for hydroxylation is 2. The van der Waals surface area contributed by atoms with Gasteiger partial charge in [0, 0.05) is 12.7 Å². The van der Waals surface area contributed by atoms with Crippen LogP contribution in [0, 0.1) is 6.92 Å². The van der Waals surface area contributed by atoms with Crippen LogP contribution in [0.25, 0.3) is 0 Å². The smallest absolute Gasteiger partial charge is 0.268 e. The van der Waals surface area contributed by atoms with Crippen LogP contribution in [0.15, 0.2) is 28.8 Å². The summed E-state index contributed by atoms with van der Waals surface area (Å²) >= 11 is 0. The van der Waals surface area contributed by atoms with Crippen molar-refractivity contribution in [2.45, 2.75) is 39.8 Å². The van der Waals surface area contributed by atoms with E-state index < -0.39 is 0 Å². The van der Waals surface area contributed by atoms with Gasteiger partial charge >= 0.3 is 0 Å². The molecule has 1 amide bonds. The van der Waals surface area contributed by atoms with Gasteiger partial charge in [-0.3, -0.25) is 4.79 Å². The minimum Gasteiger partial charge on any atom is -0.464 e. The van der Waals surface area contributed by atoms with E-state index in [9.17, 15) is 4.79 Å². The van der Waals surface area contributed by atoms with Gasteiger partial charge in [0.2, 0.25) is 0 Å². The molecule has 3 N–H and O–H groups in total. The summed E-state index contributed by atoms with van der Waals surface area (Å²) < 4.78 is 7.40. The topological polar surface area (TPSA) is 73.2 Å². The minimum atomic E-state index is -0.178. The van der Waals surface area contributed by atoms with E-state index in [-0.39, 0.29) is 11.9 Å². The first-order valence-electron chi connectivity index (χ1n) is 6.84. The van der Waals surface area contributed by atoms with Gasteiger partial charge in [0.25, 0.3) is 5.91 Å². The number of amides is 1. The van der Waals surface area contributed by atoms with E-state index in [1.54, 1.807) is 12.3 Å². The number of carbonyl (C=O) groups is 1. The Morgan fingerprint density at radius 3 is 2.85 bits per heavy atom. The van der Waals surface area contributed by atoms with E-state index in [0.717, 1.165) is 24.5 Å². The molecule has 2 rings (SSSR count). The second-order valence-electron chi connectivity index (χ2n) is 5.00. The summed E-state index contributed by atoms with van der Waals surface area (Å²) in [5.74, 6) is 1.44. The van der Waals surface area contributed by atoms with Gasteiger partial charge in [-0.15, -0.1) is 0 Å². The number of anilines is 1. The van der Waals surface area contributed by atoms with Crippen LogP contribution in [-0.4, -0.2) is 10.5 Å². The molecule has 1 atom stereocenters. The van der Waals surface area contributed by atoms with Gasteiger partial charge in [0.15, 0.2) is 0 Å². The molecule has 0 aliphatic heterocycles. The second-order valence-corrected chi connectivity index (χ2v) is 5.00. The van der Waals surface area contributed by atoms with Crippen molar-refractivity contribution < 1.29 is 9.21 Å². The number of rotatable bonds is 5. The van der Waals surface area contributed by atoms with Gasteiger partial charge in [-0.05, 0) is 38.5 Å². The Hall–Kier alpha value is -2.17. The molecule has 0 saturated heterocycles. The first kappa shape index (κ1) is 14.2. The molecule has 5 heteroatoms. The van der Waals surface area contributed by atoms with Crippen LogP contribution < -0.4 is 11.1 Å². The Labute approximate surface area is 118 Å². The van der Waals surface area contributed by atoms with Crippen molar-refractivity contribution >= 4 is 11.6 Å². The first-order valence-corrected chi connectivity index (χ1v) is 6.84. The van der Waals surface area contributed by atoms with Gasteiger partial charge < -0.3 is 20.0 Å². The van der Waals surface area contributed by atoms with Crippen LogP contribution >= 0.6 is 0 Å². The summed E-state index contributed by atoms with van der Waals surface area (Å²) in [7, 11) is 0. The van der Waals surface area contributed by atoms with Crippen LogP contribution in [0.2, 0.25) is 0 Å². The van der Waals surface area contributed by atoms with Crippen LogP contribution in [-0.2, 0) is 6.54 Å². The second kappa shape index (κ2) is 5.86. The normalized spacial score (nSPS) is 12.3. The van der Waals surface area contributed by atoms with Crippen molar-refractivity contribution in [3.05, 3.63) is 41.6 Å². The largest absolute Gasteiger partial charge is 0.464 e. The fraction of sp³-hybridized carbons (Fsp3) is 0.400. The molecule has 1 unspecified atom stereocenters. The predicted molar refractivity (Wildman–Crippen MR) is 78.5 cm³/mol. The summed E-state index contributed by atoms with van der Waals surface area (Å²) in [5, 5.41) is 2.93. The monoisotopic (exact) mass is 275 g/mol. The van der Waals surface area contributed by atoms with Crippen LogP contribution in [0.1, 0.15) is 48.3 Å². The van der Waals surface area contributed by atoms with E-state index in [2.05, 4.69) is 12.2 Å². The molecule has 0 aromatic carbocycles. The van der Waals surface area contributed by atoms with E-state index in [1.165, 1.54) is 0 Å². The third kappa shape index (κ3) is 3.04. The lowest BCUT2D eigenvalue weighted by molar-refractivity contribution is 0.0925. The Balaban J connectivity index is 2.11. The number of nitrogen functional groups attached to an aromatic ring is 1. The highest BCUT2D eigenvalue weighted by molar-refractivity contribution is 5.94. The van der Waals surface area contributed by atoms with Crippen molar-refractivity contribution in [3.8, 4) is 0 Å². The molecular weight excluding hydrogens is 254 g/mol. The molecule has 108 valence electrons. The lowest BCUT2D eigenvalue weighted by Crippen LogP contribution is -2.28. The first-order chi connectivity index (χ1) is 9.51. The highest BCUT2D eigenvalue weighted by Crippen LogP contribution is 2.17. The lowest BCUT2D eigenvalue weighted by atomic mass is 10.2. The van der Waals surface area contributed by atoms with E-state index in [0.29, 0.717) is 11.4 Å². The molecule has 0 aliphatic carbocycles. The quantitative estimate of drug-likeness (QED) is 0.881. The zero-order valence-corrected chi connectivity index (χ0v) is 12.1. The minimum absolute atomic E-state index is 0.142. The maximum Gasteiger partial charge on any atom is 0.268 e. The number of nitrogens with two attached hydrogens (primary N) is 1. The molecule has 0 aliphatic rings. The fourth-order valence-corrected chi connectivity index (χ4v) is 2.18. The van der Waals surface area contributed by atoms with E-state index >= 15 is 0 Å². The highest BCUT2D eigenvalue weighted by atomic mass is 16.3. The maximum atomic E-state index is 12.3. The zero-order valence-electron chi connectivity index (χ0n) is 12.1. The molecule has 0 radical (unpaired) electrons. The van der Waals surface area contributed by atoms with Gasteiger partial charge in [-0.2, -0.15) is 0 Å². The summed E-state index contributed by atoms with van der Waals surface area (Å²) in [6, 6.07) is 5.28. The number of hydrogen-bond acceptors (Lipinski definition) is 3. The molecule has 0 bridgehead atoms. The molecule has 20 heavy (non-hydrogen) atoms. The van der Waals surface area contributed by atoms with E-state index in [4.69, 9.17) is 10.2 Å². The van der Waals surface area contributed by atoms with Gasteiger partial charge in [0.05, 0.1) is 11.7 Å². The van der Waals surface area contributed by atoms with Crippen molar-refractivity contribution in [1.82, 2.24) is 9.88 Å². The van der Waals surface area contributed by atoms with Crippen LogP contribution in [0.5, 0.6) is 0 Å². The Morgan fingerprint density at radius 2 is 2.25 bits per heavy atom. The van der Waals surface area contributed by atoms with E-state index in [1.807, 2.05) is 30.5 Å². The number of hydrogen-bond donors (Lipinski definition) is 2. The van der Waals surface area contributed by atoms with Crippen molar-refractivity contribution in [2.24, 2.45) is 0 Å². The summed E-state index contributed by atoms with van der Waals surface area (Å²) in [4.78, 5) is 12.3. The standard InChI is InChI=1S/C15H21N3O2/c1-4-7-18-9-12(16)8-13(18)15(19)17-11(3)14-6-5-10(2)20-14/h5-6,8-9,11H,4,7,16H2,1-3H3,(H,17,19). The molecule has 2 heterocycles. The van der Waals surface area contributed by atoms with Gasteiger partial charge in [-0.25, -0.2) is 0 Å². The molecule has 0 fully saturated rings. The van der Waals surface area contributed by atoms with Crippen molar-refractivity contribution in [3.63, 3.8) is 0 Å². The summed E-state index contributed by atoms with van der Waals surface area (Å²) in [5.41, 5.74) is 6.96.